The zero-order chi connectivity index (χ0) is 21.8. The van der Waals surface area contributed by atoms with Crippen molar-refractivity contribution in [2.24, 2.45) is 0 Å². The molecule has 0 aliphatic carbocycles. The third kappa shape index (κ3) is 4.19. The monoisotopic (exact) mass is 413 g/mol. The Balaban J connectivity index is 1.72. The summed E-state index contributed by atoms with van der Waals surface area (Å²) in [7, 11) is 3.43. The summed E-state index contributed by atoms with van der Waals surface area (Å²) in [6.45, 7) is 0.709. The maximum Gasteiger partial charge on any atom is 0.278 e. The van der Waals surface area contributed by atoms with Gasteiger partial charge in [0.25, 0.3) is 11.8 Å². The Kier molecular flexibility index (Phi) is 5.80. The molecule has 0 bridgehead atoms. The summed E-state index contributed by atoms with van der Waals surface area (Å²) in [5.41, 5.74) is 3.39. The summed E-state index contributed by atoms with van der Waals surface area (Å²) in [6, 6.07) is 20.7. The average Bonchev–Trinajstić information content (AvgIpc) is 3.05. The summed E-state index contributed by atoms with van der Waals surface area (Å²) < 4.78 is 5.24. The molecule has 6 nitrogen and oxygen atoms in total. The van der Waals surface area contributed by atoms with Crippen LogP contribution in [0.25, 0.3) is 5.57 Å². The van der Waals surface area contributed by atoms with Gasteiger partial charge in [0, 0.05) is 26.0 Å². The van der Waals surface area contributed by atoms with E-state index < -0.39 is 0 Å². The minimum Gasteiger partial charge on any atom is -0.497 e. The molecule has 0 N–H and O–H groups in total. The maximum atomic E-state index is 13.4. The van der Waals surface area contributed by atoms with Crippen LogP contribution in [-0.2, 0) is 22.7 Å². The number of likely N-dealkylation sites (N-methyl/N-ethyl adjacent to an activating group) is 1. The van der Waals surface area contributed by atoms with Crippen LogP contribution in [0.5, 0.6) is 5.75 Å². The van der Waals surface area contributed by atoms with Gasteiger partial charge in [0.15, 0.2) is 0 Å². The Morgan fingerprint density at radius 3 is 2.19 bits per heavy atom. The van der Waals surface area contributed by atoms with Gasteiger partial charge in [-0.3, -0.25) is 19.5 Å². The molecule has 4 rings (SSSR count). The molecule has 3 aromatic rings. The summed E-state index contributed by atoms with van der Waals surface area (Å²) in [5, 5.41) is 0. The van der Waals surface area contributed by atoms with E-state index in [0.717, 1.165) is 11.1 Å². The molecule has 0 atom stereocenters. The first-order valence-corrected chi connectivity index (χ1v) is 9.97. The third-order valence-corrected chi connectivity index (χ3v) is 5.26. The number of imide groups is 1. The van der Waals surface area contributed by atoms with Gasteiger partial charge in [-0.05, 0) is 41.0 Å². The second-order valence-corrected chi connectivity index (χ2v) is 7.35. The number of amides is 2. The smallest absolute Gasteiger partial charge is 0.278 e. The van der Waals surface area contributed by atoms with Crippen LogP contribution in [0.15, 0.2) is 84.8 Å². The number of hydrogen-bond acceptors (Lipinski definition) is 5. The molecule has 0 saturated heterocycles. The first kappa shape index (κ1) is 20.3. The standard InChI is InChI=1S/C25H23N3O3/c1-27(16-18-6-4-3-5-7-18)23-22(20-8-10-21(31-2)11-9-20)24(29)28(25(23)30)17-19-12-14-26-15-13-19/h3-15H,16-17H2,1-2H3. The molecular formula is C25H23N3O3. The Hall–Kier alpha value is -3.93. The fourth-order valence-corrected chi connectivity index (χ4v) is 3.69. The number of benzene rings is 2. The van der Waals surface area contributed by atoms with Crippen molar-refractivity contribution in [2.75, 3.05) is 14.2 Å². The van der Waals surface area contributed by atoms with Gasteiger partial charge < -0.3 is 9.64 Å². The number of rotatable bonds is 7. The number of ether oxygens (including phenoxy) is 1. The SMILES string of the molecule is COc1ccc(C2=C(N(C)Cc3ccccc3)C(=O)N(Cc3ccncc3)C2=O)cc1. The van der Waals surface area contributed by atoms with Crippen LogP contribution in [0.1, 0.15) is 16.7 Å². The molecular weight excluding hydrogens is 390 g/mol. The van der Waals surface area contributed by atoms with Gasteiger partial charge in [-0.2, -0.15) is 0 Å². The molecule has 1 aliphatic heterocycles. The van der Waals surface area contributed by atoms with Crippen molar-refractivity contribution in [2.45, 2.75) is 13.1 Å². The molecule has 0 saturated carbocycles. The van der Waals surface area contributed by atoms with E-state index in [9.17, 15) is 9.59 Å². The molecule has 2 amide bonds. The Labute approximate surface area is 181 Å². The van der Waals surface area contributed by atoms with Crippen molar-refractivity contribution in [3.8, 4) is 5.75 Å². The van der Waals surface area contributed by atoms with Gasteiger partial charge in [0.2, 0.25) is 0 Å². The predicted octanol–water partition coefficient (Wildman–Crippen LogP) is 3.50. The quantitative estimate of drug-likeness (QED) is 0.555. The van der Waals surface area contributed by atoms with Crippen LogP contribution in [-0.4, -0.2) is 40.8 Å². The lowest BCUT2D eigenvalue weighted by atomic mass is 10.0. The molecule has 1 aliphatic rings. The number of carbonyl (C=O) groups excluding carboxylic acids is 2. The molecule has 6 heteroatoms. The van der Waals surface area contributed by atoms with Crippen LogP contribution in [0.2, 0.25) is 0 Å². The van der Waals surface area contributed by atoms with Crippen LogP contribution in [0.4, 0.5) is 0 Å². The zero-order valence-corrected chi connectivity index (χ0v) is 17.5. The third-order valence-electron chi connectivity index (χ3n) is 5.26. The fourth-order valence-electron chi connectivity index (χ4n) is 3.69. The first-order chi connectivity index (χ1) is 15.1. The van der Waals surface area contributed by atoms with E-state index in [0.29, 0.717) is 29.1 Å². The number of carbonyl (C=O) groups is 2. The van der Waals surface area contributed by atoms with Gasteiger partial charge in [-0.1, -0.05) is 42.5 Å². The normalized spacial score (nSPS) is 13.7. The molecule has 156 valence electrons. The number of aromatic nitrogens is 1. The van der Waals surface area contributed by atoms with Gasteiger partial charge in [-0.25, -0.2) is 0 Å². The highest BCUT2D eigenvalue weighted by Gasteiger charge is 2.40. The van der Waals surface area contributed by atoms with Gasteiger partial charge >= 0.3 is 0 Å². The summed E-state index contributed by atoms with van der Waals surface area (Å²) >= 11 is 0. The zero-order valence-electron chi connectivity index (χ0n) is 17.5. The molecule has 2 heterocycles. The molecule has 2 aromatic carbocycles. The predicted molar refractivity (Wildman–Crippen MR) is 118 cm³/mol. The average molecular weight is 413 g/mol. The Morgan fingerprint density at radius 1 is 0.871 bits per heavy atom. The largest absolute Gasteiger partial charge is 0.497 e. The van der Waals surface area contributed by atoms with E-state index in [2.05, 4.69) is 4.98 Å². The topological polar surface area (TPSA) is 62.7 Å². The minimum absolute atomic E-state index is 0.197. The lowest BCUT2D eigenvalue weighted by Crippen LogP contribution is -2.33. The highest BCUT2D eigenvalue weighted by atomic mass is 16.5. The lowest BCUT2D eigenvalue weighted by molar-refractivity contribution is -0.138. The van der Waals surface area contributed by atoms with Crippen molar-refractivity contribution >= 4 is 17.4 Å². The number of nitrogens with zero attached hydrogens (tertiary/aromatic N) is 3. The molecule has 1 aromatic heterocycles. The van der Waals surface area contributed by atoms with E-state index in [1.165, 1.54) is 4.90 Å². The van der Waals surface area contributed by atoms with Crippen LogP contribution in [0.3, 0.4) is 0 Å². The van der Waals surface area contributed by atoms with Crippen LogP contribution in [0, 0.1) is 0 Å². The van der Waals surface area contributed by atoms with Crippen molar-refractivity contribution < 1.29 is 14.3 Å². The van der Waals surface area contributed by atoms with Crippen LogP contribution < -0.4 is 4.74 Å². The van der Waals surface area contributed by atoms with Crippen molar-refractivity contribution in [3.05, 3.63) is 102 Å². The minimum atomic E-state index is -0.304. The Bertz CT molecular complexity index is 1110. The first-order valence-electron chi connectivity index (χ1n) is 9.97. The number of hydrogen-bond donors (Lipinski definition) is 0. The van der Waals surface area contributed by atoms with E-state index in [4.69, 9.17) is 4.74 Å². The van der Waals surface area contributed by atoms with Gasteiger partial charge in [0.05, 0.1) is 19.2 Å². The van der Waals surface area contributed by atoms with Gasteiger partial charge in [-0.15, -0.1) is 0 Å². The number of methoxy groups -OCH3 is 1. The maximum absolute atomic E-state index is 13.4. The summed E-state index contributed by atoms with van der Waals surface area (Å²) in [5.74, 6) is 0.0851. The van der Waals surface area contributed by atoms with Crippen molar-refractivity contribution in [1.29, 1.82) is 0 Å². The van der Waals surface area contributed by atoms with Crippen molar-refractivity contribution in [3.63, 3.8) is 0 Å². The molecule has 31 heavy (non-hydrogen) atoms. The van der Waals surface area contributed by atoms with E-state index in [-0.39, 0.29) is 18.4 Å². The highest BCUT2D eigenvalue weighted by Crippen LogP contribution is 2.33. The van der Waals surface area contributed by atoms with E-state index >= 15 is 0 Å². The summed E-state index contributed by atoms with van der Waals surface area (Å²) in [4.78, 5) is 34.0. The van der Waals surface area contributed by atoms with Crippen molar-refractivity contribution in [1.82, 2.24) is 14.8 Å². The lowest BCUT2D eigenvalue weighted by Gasteiger charge is -2.21. The van der Waals surface area contributed by atoms with Gasteiger partial charge in [0.1, 0.15) is 11.4 Å². The van der Waals surface area contributed by atoms with Crippen LogP contribution >= 0.6 is 0 Å². The molecule has 0 spiro atoms. The van der Waals surface area contributed by atoms with E-state index in [1.807, 2.05) is 54.4 Å². The fraction of sp³-hybridized carbons (Fsp3) is 0.160. The second kappa shape index (κ2) is 8.83. The second-order valence-electron chi connectivity index (χ2n) is 7.35. The molecule has 0 unspecified atom stereocenters. The molecule has 0 radical (unpaired) electrons. The number of pyridine rings is 1. The summed E-state index contributed by atoms with van der Waals surface area (Å²) in [6.07, 6.45) is 3.31. The Morgan fingerprint density at radius 2 is 1.55 bits per heavy atom. The highest BCUT2D eigenvalue weighted by molar-refractivity contribution is 6.35. The van der Waals surface area contributed by atoms with E-state index in [1.54, 1.807) is 43.8 Å². The molecule has 0 fully saturated rings.